The molecule has 0 unspecified atom stereocenters. The molecule has 0 radical (unpaired) electrons. The zero-order chi connectivity index (χ0) is 15.4. The van der Waals surface area contributed by atoms with Crippen molar-refractivity contribution in [2.45, 2.75) is 19.8 Å². The first kappa shape index (κ1) is 16.8. The highest BCUT2D eigenvalue weighted by molar-refractivity contribution is 7.92. The molecular formula is C12H20N2O4S2. The van der Waals surface area contributed by atoms with Crippen LogP contribution in [0.3, 0.4) is 0 Å². The minimum absolute atomic E-state index is 0.0779. The highest BCUT2D eigenvalue weighted by atomic mass is 32.2. The fourth-order valence-electron chi connectivity index (χ4n) is 1.50. The maximum atomic E-state index is 11.7. The average Bonchev–Trinajstić information content (AvgIpc) is 2.35. The van der Waals surface area contributed by atoms with E-state index in [1.54, 1.807) is 24.3 Å². The fourth-order valence-corrected chi connectivity index (χ4v) is 3.27. The van der Waals surface area contributed by atoms with E-state index in [1.165, 1.54) is 7.05 Å². The van der Waals surface area contributed by atoms with Gasteiger partial charge in [-0.3, -0.25) is 9.03 Å². The van der Waals surface area contributed by atoms with Crippen LogP contribution < -0.4 is 9.03 Å². The van der Waals surface area contributed by atoms with E-state index in [0.29, 0.717) is 17.8 Å². The van der Waals surface area contributed by atoms with Gasteiger partial charge in [-0.2, -0.15) is 0 Å². The summed E-state index contributed by atoms with van der Waals surface area (Å²) in [4.78, 5) is 0. The summed E-state index contributed by atoms with van der Waals surface area (Å²) in [6.07, 6.45) is 2.51. The molecule has 0 spiro atoms. The van der Waals surface area contributed by atoms with Gasteiger partial charge in [-0.15, -0.1) is 0 Å². The molecule has 1 rings (SSSR count). The van der Waals surface area contributed by atoms with Gasteiger partial charge >= 0.3 is 0 Å². The summed E-state index contributed by atoms with van der Waals surface area (Å²) in [7, 11) is -5.22. The lowest BCUT2D eigenvalue weighted by Gasteiger charge is -2.17. The van der Waals surface area contributed by atoms with Gasteiger partial charge in [-0.25, -0.2) is 16.8 Å². The molecule has 0 aliphatic carbocycles. The van der Waals surface area contributed by atoms with Crippen molar-refractivity contribution in [2.24, 2.45) is 0 Å². The van der Waals surface area contributed by atoms with E-state index in [2.05, 4.69) is 4.72 Å². The summed E-state index contributed by atoms with van der Waals surface area (Å²) in [6.45, 7) is 1.92. The van der Waals surface area contributed by atoms with Gasteiger partial charge in [0, 0.05) is 12.7 Å². The summed E-state index contributed by atoms with van der Waals surface area (Å²) in [5.74, 6) is 0.0779. The summed E-state index contributed by atoms with van der Waals surface area (Å²) < 4.78 is 49.8. The summed E-state index contributed by atoms with van der Waals surface area (Å²) >= 11 is 0. The van der Waals surface area contributed by atoms with Crippen molar-refractivity contribution in [3.63, 3.8) is 0 Å². The molecule has 1 aromatic carbocycles. The second-order valence-electron chi connectivity index (χ2n) is 4.55. The molecule has 0 saturated heterocycles. The van der Waals surface area contributed by atoms with Gasteiger partial charge in [0.15, 0.2) is 0 Å². The topological polar surface area (TPSA) is 83.6 Å². The van der Waals surface area contributed by atoms with Crippen LogP contribution in [0.25, 0.3) is 0 Å². The highest BCUT2D eigenvalue weighted by Crippen LogP contribution is 2.19. The van der Waals surface area contributed by atoms with Gasteiger partial charge in [0.2, 0.25) is 20.0 Å². The Morgan fingerprint density at radius 2 is 1.65 bits per heavy atom. The van der Waals surface area contributed by atoms with Crippen LogP contribution in [0.2, 0.25) is 0 Å². The van der Waals surface area contributed by atoms with Crippen LogP contribution in [-0.2, 0) is 20.0 Å². The van der Waals surface area contributed by atoms with Crippen LogP contribution in [0, 0.1) is 0 Å². The molecular weight excluding hydrogens is 300 g/mol. The molecule has 6 nitrogen and oxygen atoms in total. The van der Waals surface area contributed by atoms with E-state index in [9.17, 15) is 16.8 Å². The number of unbranched alkanes of at least 4 members (excludes halogenated alkanes) is 1. The largest absolute Gasteiger partial charge is 0.284 e. The number of hydrogen-bond donors (Lipinski definition) is 1. The molecule has 0 fully saturated rings. The SMILES string of the molecule is CCCCS(=O)(=O)Nc1ccc(N(C)S(C)(=O)=O)cc1. The van der Waals surface area contributed by atoms with Gasteiger partial charge in [-0.1, -0.05) is 13.3 Å². The summed E-state index contributed by atoms with van der Waals surface area (Å²) in [6, 6.07) is 6.19. The zero-order valence-electron chi connectivity index (χ0n) is 11.8. The smallest absolute Gasteiger partial charge is 0.232 e. The van der Waals surface area contributed by atoms with Crippen molar-refractivity contribution in [2.75, 3.05) is 28.1 Å². The number of rotatable bonds is 7. The third-order valence-electron chi connectivity index (χ3n) is 2.77. The van der Waals surface area contributed by atoms with Crippen molar-refractivity contribution in [3.05, 3.63) is 24.3 Å². The lowest BCUT2D eigenvalue weighted by molar-refractivity contribution is 0.597. The van der Waals surface area contributed by atoms with Gasteiger partial charge in [0.25, 0.3) is 0 Å². The maximum Gasteiger partial charge on any atom is 0.232 e. The molecule has 1 aromatic rings. The molecule has 8 heteroatoms. The quantitative estimate of drug-likeness (QED) is 0.827. The van der Waals surface area contributed by atoms with Crippen molar-refractivity contribution in [1.82, 2.24) is 0 Å². The molecule has 0 bridgehead atoms. The molecule has 0 saturated carbocycles. The molecule has 0 heterocycles. The number of sulfonamides is 2. The van der Waals surface area contributed by atoms with Crippen LogP contribution in [0.5, 0.6) is 0 Å². The Hall–Kier alpha value is -1.28. The fraction of sp³-hybridized carbons (Fsp3) is 0.500. The van der Waals surface area contributed by atoms with Gasteiger partial charge in [0.1, 0.15) is 0 Å². The predicted octanol–water partition coefficient (Wildman–Crippen LogP) is 1.62. The molecule has 114 valence electrons. The van der Waals surface area contributed by atoms with E-state index >= 15 is 0 Å². The van der Waals surface area contributed by atoms with Crippen molar-refractivity contribution in [1.29, 1.82) is 0 Å². The number of nitrogens with one attached hydrogen (secondary N) is 1. The highest BCUT2D eigenvalue weighted by Gasteiger charge is 2.13. The molecule has 0 aliphatic rings. The lowest BCUT2D eigenvalue weighted by atomic mass is 10.3. The Bertz CT molecular complexity index is 637. The summed E-state index contributed by atoms with van der Waals surface area (Å²) in [5.41, 5.74) is 0.899. The Kier molecular flexibility index (Phi) is 5.41. The van der Waals surface area contributed by atoms with Crippen LogP contribution in [0.1, 0.15) is 19.8 Å². The second kappa shape index (κ2) is 6.45. The van der Waals surface area contributed by atoms with Crippen LogP contribution in [0.4, 0.5) is 11.4 Å². The van der Waals surface area contributed by atoms with Crippen LogP contribution in [0.15, 0.2) is 24.3 Å². The molecule has 0 atom stereocenters. The number of hydrogen-bond acceptors (Lipinski definition) is 4. The first-order chi connectivity index (χ1) is 9.15. The molecule has 1 N–H and O–H groups in total. The molecule has 0 aromatic heterocycles. The van der Waals surface area contributed by atoms with E-state index in [1.807, 2.05) is 6.92 Å². The maximum absolute atomic E-state index is 11.7. The minimum atomic E-state index is -3.34. The van der Waals surface area contributed by atoms with Crippen molar-refractivity contribution < 1.29 is 16.8 Å². The number of benzene rings is 1. The van der Waals surface area contributed by atoms with Crippen LogP contribution in [-0.4, -0.2) is 35.9 Å². The molecule has 0 amide bonds. The van der Waals surface area contributed by atoms with E-state index < -0.39 is 20.0 Å². The number of nitrogens with zero attached hydrogens (tertiary/aromatic N) is 1. The zero-order valence-corrected chi connectivity index (χ0v) is 13.5. The molecule has 0 aliphatic heterocycles. The molecule has 20 heavy (non-hydrogen) atoms. The van der Waals surface area contributed by atoms with Gasteiger partial charge in [0.05, 0.1) is 17.7 Å². The van der Waals surface area contributed by atoms with Gasteiger partial charge < -0.3 is 0 Å². The van der Waals surface area contributed by atoms with Gasteiger partial charge in [-0.05, 0) is 30.7 Å². The minimum Gasteiger partial charge on any atom is -0.284 e. The third-order valence-corrected chi connectivity index (χ3v) is 5.35. The standard InChI is InChI=1S/C12H20N2O4S2/c1-4-5-10-20(17,18)13-11-6-8-12(9-7-11)14(2)19(3,15)16/h6-9,13H,4-5,10H2,1-3H3. The third kappa shape index (κ3) is 5.01. The second-order valence-corrected chi connectivity index (χ2v) is 8.41. The number of anilines is 2. The normalized spacial score (nSPS) is 12.2. The summed E-state index contributed by atoms with van der Waals surface area (Å²) in [5, 5.41) is 0. The Labute approximate surface area is 120 Å². The van der Waals surface area contributed by atoms with E-state index in [0.717, 1.165) is 17.0 Å². The van der Waals surface area contributed by atoms with Crippen molar-refractivity contribution >= 4 is 31.4 Å². The lowest BCUT2D eigenvalue weighted by Crippen LogP contribution is -2.24. The monoisotopic (exact) mass is 320 g/mol. The Morgan fingerprint density at radius 3 is 2.10 bits per heavy atom. The Morgan fingerprint density at radius 1 is 1.10 bits per heavy atom. The average molecular weight is 320 g/mol. The first-order valence-corrected chi connectivity index (χ1v) is 9.70. The Balaban J connectivity index is 2.82. The van der Waals surface area contributed by atoms with E-state index in [-0.39, 0.29) is 5.75 Å². The predicted molar refractivity (Wildman–Crippen MR) is 82.0 cm³/mol. The van der Waals surface area contributed by atoms with E-state index in [4.69, 9.17) is 0 Å². The van der Waals surface area contributed by atoms with Crippen LogP contribution >= 0.6 is 0 Å². The van der Waals surface area contributed by atoms with Crippen molar-refractivity contribution in [3.8, 4) is 0 Å². The first-order valence-electron chi connectivity index (χ1n) is 6.20.